The summed E-state index contributed by atoms with van der Waals surface area (Å²) in [6.07, 6.45) is 1.02. The fraction of sp³-hybridized carbons (Fsp3) is 0.188. The molecule has 1 radical (unpaired) electrons. The molecule has 1 heterocycles. The van der Waals surface area contributed by atoms with Crippen LogP contribution in [0.3, 0.4) is 0 Å². The minimum atomic E-state index is 0.759. The van der Waals surface area contributed by atoms with Crippen molar-refractivity contribution in [3.63, 3.8) is 0 Å². The van der Waals surface area contributed by atoms with Gasteiger partial charge in [0.05, 0.1) is 16.8 Å². The molecular weight excluding hydrogens is 254 g/mol. The van der Waals surface area contributed by atoms with E-state index >= 15 is 0 Å². The van der Waals surface area contributed by atoms with Crippen LogP contribution in [0.5, 0.6) is 5.75 Å². The van der Waals surface area contributed by atoms with Crippen LogP contribution in [0.4, 0.5) is 0 Å². The van der Waals surface area contributed by atoms with Crippen molar-refractivity contribution in [1.82, 2.24) is 4.98 Å². The van der Waals surface area contributed by atoms with E-state index in [1.54, 1.807) is 11.3 Å². The van der Waals surface area contributed by atoms with Gasteiger partial charge in [-0.2, -0.15) is 0 Å². The lowest BCUT2D eigenvalue weighted by atomic mass is 10.2. The second-order valence-corrected chi connectivity index (χ2v) is 5.31. The fourth-order valence-electron chi connectivity index (χ4n) is 1.85. The number of rotatable bonds is 4. The van der Waals surface area contributed by atoms with E-state index in [0.29, 0.717) is 0 Å². The Labute approximate surface area is 116 Å². The molecule has 0 aliphatic rings. The number of para-hydroxylation sites is 1. The van der Waals surface area contributed by atoms with Crippen molar-refractivity contribution in [2.75, 3.05) is 6.61 Å². The zero-order chi connectivity index (χ0) is 13.1. The highest BCUT2D eigenvalue weighted by atomic mass is 32.1. The molecule has 0 fully saturated rings. The van der Waals surface area contributed by atoms with Crippen molar-refractivity contribution >= 4 is 21.6 Å². The van der Waals surface area contributed by atoms with E-state index in [-0.39, 0.29) is 0 Å². The first-order valence-electron chi connectivity index (χ1n) is 6.37. The summed E-state index contributed by atoms with van der Waals surface area (Å²) >= 11 is 1.69. The van der Waals surface area contributed by atoms with Crippen molar-refractivity contribution in [2.45, 2.75) is 13.3 Å². The first-order chi connectivity index (χ1) is 9.36. The number of ether oxygens (including phenoxy) is 1. The van der Waals surface area contributed by atoms with Crippen LogP contribution in [-0.2, 0) is 0 Å². The lowest BCUT2D eigenvalue weighted by Gasteiger charge is -2.04. The average Bonchev–Trinajstić information content (AvgIpc) is 2.89. The maximum atomic E-state index is 5.58. The lowest BCUT2D eigenvalue weighted by molar-refractivity contribution is 0.317. The number of aromatic nitrogens is 1. The van der Waals surface area contributed by atoms with Gasteiger partial charge in [-0.15, -0.1) is 11.3 Å². The molecular formula is C16H14NOS. The largest absolute Gasteiger partial charge is 0.494 e. The van der Waals surface area contributed by atoms with Crippen LogP contribution >= 0.6 is 11.3 Å². The van der Waals surface area contributed by atoms with Gasteiger partial charge in [0.1, 0.15) is 10.8 Å². The first kappa shape index (κ1) is 12.2. The molecule has 3 rings (SSSR count). The molecule has 0 bridgehead atoms. The molecule has 3 heteroatoms. The Bertz CT molecular complexity index is 640. The van der Waals surface area contributed by atoms with Crippen LogP contribution in [0.25, 0.3) is 20.8 Å². The third-order valence-corrected chi connectivity index (χ3v) is 3.86. The molecule has 0 aliphatic carbocycles. The zero-order valence-corrected chi connectivity index (χ0v) is 11.5. The summed E-state index contributed by atoms with van der Waals surface area (Å²) in [4.78, 5) is 4.60. The molecule has 95 valence electrons. The Morgan fingerprint density at radius 1 is 1.21 bits per heavy atom. The Morgan fingerprint density at radius 3 is 2.79 bits per heavy atom. The zero-order valence-electron chi connectivity index (χ0n) is 10.7. The predicted octanol–water partition coefficient (Wildman–Crippen LogP) is 4.55. The molecule has 0 unspecified atom stereocenters. The van der Waals surface area contributed by atoms with Gasteiger partial charge in [-0.25, -0.2) is 4.98 Å². The molecule has 0 saturated carbocycles. The number of hydrogen-bond acceptors (Lipinski definition) is 3. The van der Waals surface area contributed by atoms with E-state index in [0.717, 1.165) is 34.9 Å². The van der Waals surface area contributed by atoms with Crippen molar-refractivity contribution in [1.29, 1.82) is 0 Å². The van der Waals surface area contributed by atoms with Gasteiger partial charge in [0.2, 0.25) is 0 Å². The van der Waals surface area contributed by atoms with Crippen molar-refractivity contribution < 1.29 is 4.74 Å². The van der Waals surface area contributed by atoms with Crippen LogP contribution < -0.4 is 4.74 Å². The summed E-state index contributed by atoms with van der Waals surface area (Å²) in [6.45, 7) is 2.86. The average molecular weight is 268 g/mol. The minimum Gasteiger partial charge on any atom is -0.494 e. The van der Waals surface area contributed by atoms with Gasteiger partial charge in [0, 0.05) is 11.6 Å². The number of benzene rings is 2. The molecule has 0 amide bonds. The molecule has 3 aromatic rings. The van der Waals surface area contributed by atoms with Crippen molar-refractivity contribution in [3.05, 3.63) is 48.5 Å². The van der Waals surface area contributed by atoms with Gasteiger partial charge < -0.3 is 4.74 Å². The number of fused-ring (bicyclic) bond motifs is 1. The fourth-order valence-corrected chi connectivity index (χ4v) is 2.80. The Hall–Kier alpha value is -1.87. The van der Waals surface area contributed by atoms with Gasteiger partial charge >= 0.3 is 0 Å². The van der Waals surface area contributed by atoms with E-state index in [4.69, 9.17) is 4.74 Å². The van der Waals surface area contributed by atoms with Crippen molar-refractivity contribution in [2.24, 2.45) is 0 Å². The summed E-state index contributed by atoms with van der Waals surface area (Å²) in [5, 5.41) is 1.03. The monoisotopic (exact) mass is 268 g/mol. The normalized spacial score (nSPS) is 10.8. The minimum absolute atomic E-state index is 0.759. The summed E-state index contributed by atoms with van der Waals surface area (Å²) in [6, 6.07) is 17.2. The summed E-state index contributed by atoms with van der Waals surface area (Å²) in [5.41, 5.74) is 2.06. The van der Waals surface area contributed by atoms with E-state index in [1.165, 1.54) is 4.70 Å². The number of nitrogens with zero attached hydrogens (tertiary/aromatic N) is 1. The molecule has 2 aromatic carbocycles. The maximum Gasteiger partial charge on any atom is 0.124 e. The lowest BCUT2D eigenvalue weighted by Crippen LogP contribution is -1.94. The molecule has 0 aliphatic heterocycles. The second kappa shape index (κ2) is 5.41. The van der Waals surface area contributed by atoms with Gasteiger partial charge in [-0.05, 0) is 36.8 Å². The van der Waals surface area contributed by atoms with E-state index in [2.05, 4.69) is 36.2 Å². The van der Waals surface area contributed by atoms with E-state index in [9.17, 15) is 0 Å². The van der Waals surface area contributed by atoms with Crippen LogP contribution in [0, 0.1) is 6.07 Å². The molecule has 0 N–H and O–H groups in total. The summed E-state index contributed by atoms with van der Waals surface area (Å²) in [7, 11) is 0. The highest BCUT2D eigenvalue weighted by Gasteiger charge is 2.05. The maximum absolute atomic E-state index is 5.58. The van der Waals surface area contributed by atoms with Gasteiger partial charge in [-0.1, -0.05) is 19.1 Å². The molecule has 2 nitrogen and oxygen atoms in total. The van der Waals surface area contributed by atoms with Gasteiger partial charge in [-0.3, -0.25) is 0 Å². The van der Waals surface area contributed by atoms with E-state index < -0.39 is 0 Å². The molecule has 0 atom stereocenters. The highest BCUT2D eigenvalue weighted by Crippen LogP contribution is 2.30. The third-order valence-electron chi connectivity index (χ3n) is 2.79. The molecule has 0 spiro atoms. The summed E-state index contributed by atoms with van der Waals surface area (Å²) in [5.74, 6) is 0.915. The Balaban J connectivity index is 1.88. The standard InChI is InChI=1S/C16H14NOS/c1-2-11-18-13-9-7-12(8-10-13)16-17-14-5-3-4-6-15(14)19-16/h3-4,6-10H,2,11H2,1H3. The first-order valence-corrected chi connectivity index (χ1v) is 7.19. The number of hydrogen-bond donors (Lipinski definition) is 0. The van der Waals surface area contributed by atoms with Crippen molar-refractivity contribution in [3.8, 4) is 16.3 Å². The SMILES string of the molecule is CCCOc1ccc(-c2nc3[c]cccc3s2)cc1. The third kappa shape index (κ3) is 2.61. The topological polar surface area (TPSA) is 22.1 Å². The van der Waals surface area contributed by atoms with Gasteiger partial charge in [0.25, 0.3) is 0 Å². The smallest absolute Gasteiger partial charge is 0.124 e. The quantitative estimate of drug-likeness (QED) is 0.692. The van der Waals surface area contributed by atoms with Gasteiger partial charge in [0.15, 0.2) is 0 Å². The predicted molar refractivity (Wildman–Crippen MR) is 79.7 cm³/mol. The molecule has 19 heavy (non-hydrogen) atoms. The Morgan fingerprint density at radius 2 is 2.05 bits per heavy atom. The van der Waals surface area contributed by atoms with Crippen LogP contribution in [0.15, 0.2) is 42.5 Å². The van der Waals surface area contributed by atoms with Crippen LogP contribution in [-0.4, -0.2) is 11.6 Å². The second-order valence-electron chi connectivity index (χ2n) is 4.27. The Kier molecular flexibility index (Phi) is 3.47. The molecule has 1 aromatic heterocycles. The molecule has 0 saturated heterocycles. The number of thiazole rings is 1. The highest BCUT2D eigenvalue weighted by molar-refractivity contribution is 7.21. The van der Waals surface area contributed by atoms with Crippen LogP contribution in [0.1, 0.15) is 13.3 Å². The van der Waals surface area contributed by atoms with Crippen LogP contribution in [0.2, 0.25) is 0 Å². The van der Waals surface area contributed by atoms with E-state index in [1.807, 2.05) is 24.3 Å². The summed E-state index contributed by atoms with van der Waals surface area (Å²) < 4.78 is 6.75.